The minimum absolute atomic E-state index is 0.0666. The molecule has 1 rings (SSSR count). The largest absolute Gasteiger partial charge is 0.497 e. The maximum Gasteiger partial charge on any atom is 0.351 e. The van der Waals surface area contributed by atoms with Crippen LogP contribution < -0.4 is 4.74 Å². The Balaban J connectivity index is 2.15. The number of nitrogens with one attached hydrogen (secondary N) is 1. The number of carbonyl (C=O) groups is 1. The van der Waals surface area contributed by atoms with E-state index in [2.05, 4.69) is 0 Å². The van der Waals surface area contributed by atoms with E-state index in [0.717, 1.165) is 23.7 Å². The zero-order valence-electron chi connectivity index (χ0n) is 12.0. The third-order valence-corrected chi connectivity index (χ3v) is 3.78. The lowest BCUT2D eigenvalue weighted by Gasteiger charge is -2.05. The molecule has 0 aliphatic rings. The first-order valence-corrected chi connectivity index (χ1v) is 7.78. The van der Waals surface area contributed by atoms with Gasteiger partial charge in [-0.05, 0) is 43.2 Å². The Kier molecular flexibility index (Phi) is 7.80. The Morgan fingerprint density at radius 2 is 2.00 bits per heavy atom. The smallest absolute Gasteiger partial charge is 0.351 e. The van der Waals surface area contributed by atoms with Crippen LogP contribution >= 0.6 is 11.8 Å². The summed E-state index contributed by atoms with van der Waals surface area (Å²) in [6.07, 6.45) is 1.30. The Labute approximate surface area is 124 Å². The van der Waals surface area contributed by atoms with Gasteiger partial charge in [0.2, 0.25) is 0 Å². The molecule has 0 heterocycles. The van der Waals surface area contributed by atoms with Crippen LogP contribution in [0.1, 0.15) is 25.3 Å². The summed E-state index contributed by atoms with van der Waals surface area (Å²) in [6.45, 7) is 2.07. The van der Waals surface area contributed by atoms with Gasteiger partial charge in [0, 0.05) is 5.75 Å². The van der Waals surface area contributed by atoms with Crippen LogP contribution in [0.25, 0.3) is 0 Å². The number of methoxy groups -OCH3 is 1. The van der Waals surface area contributed by atoms with Gasteiger partial charge >= 0.3 is 5.97 Å². The maximum atomic E-state index is 11.2. The molecule has 0 radical (unpaired) electrons. The number of carbonyl (C=O) groups excluding carboxylic acids is 1. The Morgan fingerprint density at radius 3 is 2.60 bits per heavy atom. The lowest BCUT2D eigenvalue weighted by molar-refractivity contribution is -0.135. The summed E-state index contributed by atoms with van der Waals surface area (Å²) in [5.41, 5.74) is 1.31. The zero-order chi connectivity index (χ0) is 14.8. The van der Waals surface area contributed by atoms with Crippen molar-refractivity contribution in [2.24, 2.45) is 0 Å². The quantitative estimate of drug-likeness (QED) is 0.431. The molecule has 4 nitrogen and oxygen atoms in total. The maximum absolute atomic E-state index is 11.2. The average Bonchev–Trinajstić information content (AvgIpc) is 2.47. The number of thioether (sulfide) groups is 1. The summed E-state index contributed by atoms with van der Waals surface area (Å²) in [5, 5.41) is 7.54. The van der Waals surface area contributed by atoms with Gasteiger partial charge in [-0.1, -0.05) is 12.1 Å². The highest BCUT2D eigenvalue weighted by molar-refractivity contribution is 7.98. The summed E-state index contributed by atoms with van der Waals surface area (Å²) in [5.74, 6) is 2.22. The molecule has 1 N–H and O–H groups in total. The van der Waals surface area contributed by atoms with Gasteiger partial charge in [-0.25, -0.2) is 4.79 Å². The highest BCUT2D eigenvalue weighted by atomic mass is 32.2. The second kappa shape index (κ2) is 9.42. The van der Waals surface area contributed by atoms with E-state index in [4.69, 9.17) is 14.9 Å². The normalized spacial score (nSPS) is 10.1. The SMILES string of the molecule is CCOC(=O)C(=N)CCCSCc1ccc(OC)cc1. The van der Waals surface area contributed by atoms with Crippen molar-refractivity contribution in [1.29, 1.82) is 5.41 Å². The van der Waals surface area contributed by atoms with Crippen LogP contribution in [-0.2, 0) is 15.3 Å². The van der Waals surface area contributed by atoms with Crippen LogP contribution in [0.2, 0.25) is 0 Å². The van der Waals surface area contributed by atoms with Gasteiger partial charge in [-0.15, -0.1) is 0 Å². The van der Waals surface area contributed by atoms with Crippen molar-refractivity contribution in [3.05, 3.63) is 29.8 Å². The van der Waals surface area contributed by atoms with Crippen LogP contribution in [0.5, 0.6) is 5.75 Å². The number of esters is 1. The van der Waals surface area contributed by atoms with Crippen LogP contribution in [0.3, 0.4) is 0 Å². The van der Waals surface area contributed by atoms with Gasteiger partial charge in [0.15, 0.2) is 0 Å². The third kappa shape index (κ3) is 6.10. The van der Waals surface area contributed by atoms with E-state index in [9.17, 15) is 4.79 Å². The summed E-state index contributed by atoms with van der Waals surface area (Å²) in [6, 6.07) is 8.00. The molecule has 0 aliphatic heterocycles. The van der Waals surface area contributed by atoms with Gasteiger partial charge in [-0.3, -0.25) is 5.41 Å². The topological polar surface area (TPSA) is 59.4 Å². The molecule has 0 saturated carbocycles. The summed E-state index contributed by atoms with van der Waals surface area (Å²) in [7, 11) is 1.66. The van der Waals surface area contributed by atoms with Gasteiger partial charge < -0.3 is 9.47 Å². The van der Waals surface area contributed by atoms with Crippen molar-refractivity contribution in [3.63, 3.8) is 0 Å². The highest BCUT2D eigenvalue weighted by Gasteiger charge is 2.09. The van der Waals surface area contributed by atoms with E-state index in [1.807, 2.05) is 24.3 Å². The van der Waals surface area contributed by atoms with Crippen molar-refractivity contribution < 1.29 is 14.3 Å². The van der Waals surface area contributed by atoms with E-state index in [1.54, 1.807) is 25.8 Å². The third-order valence-electron chi connectivity index (χ3n) is 2.67. The first kappa shape index (κ1) is 16.6. The molecule has 0 saturated heterocycles. The van der Waals surface area contributed by atoms with E-state index >= 15 is 0 Å². The van der Waals surface area contributed by atoms with Crippen molar-refractivity contribution >= 4 is 23.4 Å². The number of hydrogen-bond donors (Lipinski definition) is 1. The molecule has 20 heavy (non-hydrogen) atoms. The number of benzene rings is 1. The number of rotatable bonds is 9. The lowest BCUT2D eigenvalue weighted by atomic mass is 10.2. The van der Waals surface area contributed by atoms with Crippen LogP contribution in [0, 0.1) is 5.41 Å². The fourth-order valence-electron chi connectivity index (χ4n) is 1.58. The highest BCUT2D eigenvalue weighted by Crippen LogP contribution is 2.17. The molecular formula is C15H21NO3S. The molecule has 0 amide bonds. The summed E-state index contributed by atoms with van der Waals surface area (Å²) < 4.78 is 9.88. The Morgan fingerprint density at radius 1 is 1.30 bits per heavy atom. The molecule has 0 bridgehead atoms. The van der Waals surface area contributed by atoms with E-state index < -0.39 is 5.97 Å². The number of hydrogen-bond acceptors (Lipinski definition) is 5. The first-order chi connectivity index (χ1) is 9.67. The second-order valence-electron chi connectivity index (χ2n) is 4.20. The molecule has 5 heteroatoms. The molecule has 110 valence electrons. The van der Waals surface area contributed by atoms with Crippen molar-refractivity contribution in [2.75, 3.05) is 19.5 Å². The molecule has 0 atom stereocenters. The Hall–Kier alpha value is -1.49. The Bertz CT molecular complexity index is 431. The van der Waals surface area contributed by atoms with Crippen LogP contribution in [0.15, 0.2) is 24.3 Å². The molecule has 0 fully saturated rings. The first-order valence-electron chi connectivity index (χ1n) is 6.62. The standard InChI is InChI=1S/C15H21NO3S/c1-3-19-15(17)14(16)5-4-10-20-11-12-6-8-13(18-2)9-7-12/h6-9,16H,3-5,10-11H2,1-2H3. The van der Waals surface area contributed by atoms with Gasteiger partial charge in [0.25, 0.3) is 0 Å². The van der Waals surface area contributed by atoms with E-state index in [0.29, 0.717) is 13.0 Å². The molecular weight excluding hydrogens is 274 g/mol. The van der Waals surface area contributed by atoms with Gasteiger partial charge in [0.1, 0.15) is 11.5 Å². The van der Waals surface area contributed by atoms with Gasteiger partial charge in [0.05, 0.1) is 13.7 Å². The molecule has 1 aromatic carbocycles. The monoisotopic (exact) mass is 295 g/mol. The lowest BCUT2D eigenvalue weighted by Crippen LogP contribution is -2.16. The molecule has 0 aliphatic carbocycles. The fourth-order valence-corrected chi connectivity index (χ4v) is 2.50. The van der Waals surface area contributed by atoms with E-state index in [1.165, 1.54) is 5.56 Å². The van der Waals surface area contributed by atoms with Crippen LogP contribution in [0.4, 0.5) is 0 Å². The summed E-state index contributed by atoms with van der Waals surface area (Å²) >= 11 is 1.80. The van der Waals surface area contributed by atoms with Crippen molar-refractivity contribution in [2.45, 2.75) is 25.5 Å². The van der Waals surface area contributed by atoms with Crippen LogP contribution in [-0.4, -0.2) is 31.2 Å². The zero-order valence-corrected chi connectivity index (χ0v) is 12.8. The van der Waals surface area contributed by atoms with Crippen molar-refractivity contribution in [3.8, 4) is 5.75 Å². The predicted molar refractivity (Wildman–Crippen MR) is 82.7 cm³/mol. The minimum atomic E-state index is -0.493. The second-order valence-corrected chi connectivity index (χ2v) is 5.31. The molecule has 0 unspecified atom stereocenters. The number of ether oxygens (including phenoxy) is 2. The minimum Gasteiger partial charge on any atom is -0.497 e. The molecule has 0 spiro atoms. The average molecular weight is 295 g/mol. The predicted octanol–water partition coefficient (Wildman–Crippen LogP) is 3.29. The van der Waals surface area contributed by atoms with Gasteiger partial charge in [-0.2, -0.15) is 11.8 Å². The molecule has 1 aromatic rings. The summed E-state index contributed by atoms with van der Waals surface area (Å²) in [4.78, 5) is 11.2. The van der Waals surface area contributed by atoms with Crippen molar-refractivity contribution in [1.82, 2.24) is 0 Å². The molecule has 0 aromatic heterocycles. The fraction of sp³-hybridized carbons (Fsp3) is 0.467. The van der Waals surface area contributed by atoms with E-state index in [-0.39, 0.29) is 5.71 Å².